The molecule has 0 saturated heterocycles. The molecule has 1 aromatic carbocycles. The summed E-state index contributed by atoms with van der Waals surface area (Å²) < 4.78 is 0. The number of allylic oxidation sites excluding steroid dienone is 4. The van der Waals surface area contributed by atoms with Gasteiger partial charge >= 0.3 is 0 Å². The predicted octanol–water partition coefficient (Wildman–Crippen LogP) is 4.87. The molecule has 5 atom stereocenters. The number of carbonyl (C=O) groups excluding carboxylic acids is 1. The van der Waals surface area contributed by atoms with Crippen LogP contribution in [0.1, 0.15) is 63.4 Å². The number of fused-ring (bicyclic) bond motifs is 4. The molecule has 3 heteroatoms. The Labute approximate surface area is 179 Å². The molecule has 0 radical (unpaired) electrons. The predicted molar refractivity (Wildman–Crippen MR) is 118 cm³/mol. The fourth-order valence-corrected chi connectivity index (χ4v) is 7.08. The van der Waals surface area contributed by atoms with Gasteiger partial charge in [0.2, 0.25) is 0 Å². The fourth-order valence-electron chi connectivity index (χ4n) is 7.08. The largest absolute Gasteiger partial charge is 0.392 e. The van der Waals surface area contributed by atoms with E-state index >= 15 is 0 Å². The zero-order valence-corrected chi connectivity index (χ0v) is 17.8. The second-order valence-corrected chi connectivity index (χ2v) is 9.96. The van der Waals surface area contributed by atoms with Crippen LogP contribution in [0, 0.1) is 17.3 Å². The Morgan fingerprint density at radius 2 is 1.93 bits per heavy atom. The molecule has 0 amide bonds. The van der Waals surface area contributed by atoms with E-state index in [2.05, 4.69) is 19.1 Å². The van der Waals surface area contributed by atoms with Gasteiger partial charge in [-0.1, -0.05) is 55.0 Å². The van der Waals surface area contributed by atoms with Crippen LogP contribution in [0.25, 0.3) is 0 Å². The Hall–Kier alpha value is -1.97. The smallest absolute Gasteiger partial charge is 0.163 e. The first-order valence-corrected chi connectivity index (χ1v) is 11.5. The number of aliphatic hydroxyl groups excluding tert-OH is 1. The minimum absolute atomic E-state index is 0.0230. The highest BCUT2D eigenvalue weighted by Gasteiger charge is 2.59. The van der Waals surface area contributed by atoms with E-state index in [4.69, 9.17) is 0 Å². The molecular formula is C27H32O3. The van der Waals surface area contributed by atoms with Crippen LogP contribution < -0.4 is 0 Å². The Balaban J connectivity index is 1.50. The molecule has 1 unspecified atom stereocenters. The molecule has 0 aliphatic heterocycles. The van der Waals surface area contributed by atoms with E-state index in [9.17, 15) is 15.0 Å². The molecule has 2 fully saturated rings. The molecule has 4 aliphatic carbocycles. The van der Waals surface area contributed by atoms with Crippen molar-refractivity contribution in [3.63, 3.8) is 0 Å². The van der Waals surface area contributed by atoms with Crippen molar-refractivity contribution in [3.8, 4) is 0 Å². The van der Waals surface area contributed by atoms with Gasteiger partial charge < -0.3 is 10.2 Å². The summed E-state index contributed by atoms with van der Waals surface area (Å²) in [5, 5.41) is 20.7. The van der Waals surface area contributed by atoms with E-state index in [1.165, 1.54) is 11.1 Å². The van der Waals surface area contributed by atoms with Gasteiger partial charge in [0.1, 0.15) is 0 Å². The number of ketones is 1. The van der Waals surface area contributed by atoms with Crippen molar-refractivity contribution >= 4 is 5.78 Å². The number of hydrogen-bond acceptors (Lipinski definition) is 3. The van der Waals surface area contributed by atoms with E-state index < -0.39 is 5.60 Å². The molecule has 2 N–H and O–H groups in total. The lowest BCUT2D eigenvalue weighted by Gasteiger charge is -2.51. The fraction of sp³-hybridized carbons (Fsp3) is 0.519. The molecule has 1 aromatic rings. The van der Waals surface area contributed by atoms with Crippen LogP contribution >= 0.6 is 0 Å². The molecule has 0 bridgehead atoms. The van der Waals surface area contributed by atoms with E-state index in [0.717, 1.165) is 50.5 Å². The average Bonchev–Trinajstić information content (AvgIpc) is 3.03. The van der Waals surface area contributed by atoms with Crippen LogP contribution in [0.15, 0.2) is 65.3 Å². The second kappa shape index (κ2) is 7.32. The van der Waals surface area contributed by atoms with Crippen LogP contribution in [0.2, 0.25) is 0 Å². The van der Waals surface area contributed by atoms with Crippen LogP contribution in [-0.4, -0.2) is 28.2 Å². The third-order valence-electron chi connectivity index (χ3n) is 8.76. The molecule has 4 aliphatic rings. The van der Waals surface area contributed by atoms with Crippen LogP contribution in [0.3, 0.4) is 0 Å². The quantitative estimate of drug-likeness (QED) is 0.707. The van der Waals surface area contributed by atoms with E-state index in [-0.39, 0.29) is 23.7 Å². The van der Waals surface area contributed by atoms with Gasteiger partial charge in [0.25, 0.3) is 0 Å². The topological polar surface area (TPSA) is 57.5 Å². The van der Waals surface area contributed by atoms with Gasteiger partial charge in [-0.15, -0.1) is 0 Å². The maximum absolute atomic E-state index is 12.9. The van der Waals surface area contributed by atoms with Gasteiger partial charge in [0.15, 0.2) is 5.78 Å². The minimum atomic E-state index is -0.818. The highest BCUT2D eigenvalue weighted by molar-refractivity contribution is 5.98. The van der Waals surface area contributed by atoms with Crippen molar-refractivity contribution in [1.82, 2.24) is 0 Å². The molecule has 158 valence electrons. The molecule has 3 nitrogen and oxygen atoms in total. The number of aliphatic hydroxyl groups is 2. The number of benzene rings is 1. The molecule has 0 aromatic heterocycles. The summed E-state index contributed by atoms with van der Waals surface area (Å²) in [6, 6.07) is 10.2. The van der Waals surface area contributed by atoms with Gasteiger partial charge in [-0.05, 0) is 79.6 Å². The summed E-state index contributed by atoms with van der Waals surface area (Å²) in [6.45, 7) is 2.24. The molecule has 5 rings (SSSR count). The third kappa shape index (κ3) is 2.90. The Bertz CT molecular complexity index is 940. The van der Waals surface area contributed by atoms with Crippen molar-refractivity contribution < 1.29 is 15.0 Å². The van der Waals surface area contributed by atoms with Crippen molar-refractivity contribution in [2.24, 2.45) is 17.3 Å². The van der Waals surface area contributed by atoms with E-state index in [1.54, 1.807) is 11.6 Å². The number of carbonyl (C=O) groups is 1. The first-order valence-electron chi connectivity index (χ1n) is 11.5. The number of rotatable bonds is 3. The summed E-state index contributed by atoms with van der Waals surface area (Å²) in [5.74, 6) is 1.18. The lowest BCUT2D eigenvalue weighted by atomic mass is 9.54. The zero-order chi connectivity index (χ0) is 20.9. The zero-order valence-electron chi connectivity index (χ0n) is 17.8. The van der Waals surface area contributed by atoms with Crippen molar-refractivity contribution in [3.05, 3.63) is 70.8 Å². The number of hydrogen-bond donors (Lipinski definition) is 2. The summed E-state index contributed by atoms with van der Waals surface area (Å²) in [6.07, 6.45) is 12.2. The van der Waals surface area contributed by atoms with E-state index in [0.29, 0.717) is 11.8 Å². The van der Waals surface area contributed by atoms with Crippen molar-refractivity contribution in [1.29, 1.82) is 0 Å². The summed E-state index contributed by atoms with van der Waals surface area (Å²) >= 11 is 0. The van der Waals surface area contributed by atoms with Gasteiger partial charge in [-0.2, -0.15) is 0 Å². The normalized spacial score (nSPS) is 38.3. The standard InChI is InChI=1S/C27H32O3/c1-26-13-10-20-21(24(26)11-14-27(26,30)12-5-15-28)9-8-19-16-25(29)23(17-22(19)20)18-6-3-2-4-7-18/h2-7,12,16,21,23-24,28,30H,8-11,13-15,17H2,1H3/t21-,23?,24+,26+,27+/m1/s1. The lowest BCUT2D eigenvalue weighted by Crippen LogP contribution is -2.48. The Morgan fingerprint density at radius 1 is 1.13 bits per heavy atom. The maximum Gasteiger partial charge on any atom is 0.163 e. The highest BCUT2D eigenvalue weighted by atomic mass is 16.3. The van der Waals surface area contributed by atoms with E-state index in [1.807, 2.05) is 30.4 Å². The highest BCUT2D eigenvalue weighted by Crippen LogP contribution is 2.64. The monoisotopic (exact) mass is 404 g/mol. The molecular weight excluding hydrogens is 372 g/mol. The lowest BCUT2D eigenvalue weighted by molar-refractivity contribution is -0.116. The van der Waals surface area contributed by atoms with Crippen molar-refractivity contribution in [2.75, 3.05) is 6.61 Å². The average molecular weight is 405 g/mol. The summed E-state index contributed by atoms with van der Waals surface area (Å²) in [5.41, 5.74) is 4.45. The van der Waals surface area contributed by atoms with Gasteiger partial charge in [-0.3, -0.25) is 4.79 Å². The second-order valence-electron chi connectivity index (χ2n) is 9.96. The Morgan fingerprint density at radius 3 is 2.70 bits per heavy atom. The summed E-state index contributed by atoms with van der Waals surface area (Å²) in [7, 11) is 0. The van der Waals surface area contributed by atoms with Crippen LogP contribution in [-0.2, 0) is 4.79 Å². The SMILES string of the molecule is C[C@]12CCC3=C4CC(c5ccccc5)C(=O)C=C4CC[C@H]3[C@@H]1CC[C@@]2(O)C=CCO. The molecule has 30 heavy (non-hydrogen) atoms. The van der Waals surface area contributed by atoms with Gasteiger partial charge in [0.05, 0.1) is 18.1 Å². The molecule has 0 heterocycles. The molecule has 2 saturated carbocycles. The van der Waals surface area contributed by atoms with Gasteiger partial charge in [0, 0.05) is 5.41 Å². The van der Waals surface area contributed by atoms with Crippen LogP contribution in [0.4, 0.5) is 0 Å². The third-order valence-corrected chi connectivity index (χ3v) is 8.76. The summed E-state index contributed by atoms with van der Waals surface area (Å²) in [4.78, 5) is 12.9. The Kier molecular flexibility index (Phi) is 4.87. The van der Waals surface area contributed by atoms with Crippen LogP contribution in [0.5, 0.6) is 0 Å². The maximum atomic E-state index is 12.9. The van der Waals surface area contributed by atoms with Crippen molar-refractivity contribution in [2.45, 2.75) is 63.4 Å². The minimum Gasteiger partial charge on any atom is -0.392 e. The molecule has 0 spiro atoms. The first-order chi connectivity index (χ1) is 14.5. The first kappa shape index (κ1) is 20.0. The van der Waals surface area contributed by atoms with Gasteiger partial charge in [-0.25, -0.2) is 0 Å².